The third-order valence-corrected chi connectivity index (χ3v) is 7.39. The third-order valence-electron chi connectivity index (χ3n) is 5.45. The summed E-state index contributed by atoms with van der Waals surface area (Å²) < 4.78 is 8.37. The van der Waals surface area contributed by atoms with Crippen molar-refractivity contribution in [3.63, 3.8) is 0 Å². The molecule has 0 bridgehead atoms. The first kappa shape index (κ1) is 23.0. The fourth-order valence-corrected chi connectivity index (χ4v) is 5.72. The van der Waals surface area contributed by atoms with Crippen molar-refractivity contribution in [2.45, 2.75) is 52.1 Å². The zero-order valence-electron chi connectivity index (χ0n) is 18.1. The summed E-state index contributed by atoms with van der Waals surface area (Å²) in [6.45, 7) is 6.23. The van der Waals surface area contributed by atoms with E-state index in [0.717, 1.165) is 36.0 Å². The van der Waals surface area contributed by atoms with Crippen LogP contribution in [0.4, 0.5) is 0 Å². The minimum atomic E-state index is -0.201. The number of methoxy groups -OCH3 is 1. The zero-order chi connectivity index (χ0) is 21.5. The Labute approximate surface area is 186 Å². The average Bonchev–Trinajstić information content (AvgIpc) is 3.07. The Balaban J connectivity index is 1.65. The fourth-order valence-electron chi connectivity index (χ4n) is 3.87. The summed E-state index contributed by atoms with van der Waals surface area (Å²) in [5.41, 5.74) is 2.24. The van der Waals surface area contributed by atoms with E-state index in [9.17, 15) is 9.59 Å². The molecule has 1 aromatic carbocycles. The van der Waals surface area contributed by atoms with Gasteiger partial charge in [0, 0.05) is 26.2 Å². The molecule has 2 heterocycles. The number of benzene rings is 1. The van der Waals surface area contributed by atoms with Gasteiger partial charge in [-0.1, -0.05) is 24.3 Å². The molecule has 1 aliphatic rings. The normalized spacial score (nSPS) is 17.6. The number of likely N-dealkylation sites (tertiary alicyclic amines) is 1. The van der Waals surface area contributed by atoms with Crippen LogP contribution in [0.3, 0.4) is 0 Å². The molecular formula is C22H31N3O3S2. The highest BCUT2D eigenvalue weighted by Crippen LogP contribution is 2.21. The van der Waals surface area contributed by atoms with Crippen LogP contribution in [0.25, 0.3) is 10.2 Å². The van der Waals surface area contributed by atoms with Gasteiger partial charge in [0.05, 0.1) is 28.3 Å². The smallest absolute Gasteiger partial charge is 0.258 e. The quantitative estimate of drug-likeness (QED) is 0.618. The van der Waals surface area contributed by atoms with Gasteiger partial charge in [0.25, 0.3) is 5.91 Å². The van der Waals surface area contributed by atoms with Gasteiger partial charge >= 0.3 is 0 Å². The molecule has 2 amide bonds. The van der Waals surface area contributed by atoms with Gasteiger partial charge in [0.15, 0.2) is 4.80 Å². The molecule has 1 aliphatic heterocycles. The highest BCUT2D eigenvalue weighted by atomic mass is 32.2. The van der Waals surface area contributed by atoms with Gasteiger partial charge in [-0.3, -0.25) is 9.59 Å². The molecule has 0 saturated carbocycles. The molecule has 1 atom stereocenters. The Morgan fingerprint density at radius 1 is 1.30 bits per heavy atom. The minimum Gasteiger partial charge on any atom is -0.383 e. The molecule has 1 fully saturated rings. The minimum absolute atomic E-state index is 0.145. The van der Waals surface area contributed by atoms with Crippen molar-refractivity contribution < 1.29 is 14.3 Å². The maximum Gasteiger partial charge on any atom is 0.258 e. The predicted molar refractivity (Wildman–Crippen MR) is 124 cm³/mol. The molecule has 0 N–H and O–H groups in total. The lowest BCUT2D eigenvalue weighted by molar-refractivity contribution is -0.132. The van der Waals surface area contributed by atoms with E-state index in [0.29, 0.717) is 29.7 Å². The number of ether oxygens (including phenoxy) is 1. The SMILES string of the molecule is CCC1CCCCN1C(=O)CSCC(=O)N=c1sc2cc(C)ccc2n1CCOC. The van der Waals surface area contributed by atoms with Gasteiger partial charge in [-0.25, -0.2) is 0 Å². The zero-order valence-corrected chi connectivity index (χ0v) is 19.7. The summed E-state index contributed by atoms with van der Waals surface area (Å²) in [4.78, 5) is 32.1. The molecule has 0 radical (unpaired) electrons. The number of rotatable bonds is 8. The van der Waals surface area contributed by atoms with Gasteiger partial charge in [0.2, 0.25) is 5.91 Å². The van der Waals surface area contributed by atoms with Crippen LogP contribution in [0.15, 0.2) is 23.2 Å². The second-order valence-corrected chi connectivity index (χ2v) is 9.64. The first-order valence-corrected chi connectivity index (χ1v) is 12.5. The highest BCUT2D eigenvalue weighted by Gasteiger charge is 2.25. The number of thiazole rings is 1. The van der Waals surface area contributed by atoms with Crippen LogP contribution < -0.4 is 4.80 Å². The Morgan fingerprint density at radius 2 is 2.13 bits per heavy atom. The van der Waals surface area contributed by atoms with E-state index in [1.54, 1.807) is 7.11 Å². The molecule has 6 nitrogen and oxygen atoms in total. The molecule has 164 valence electrons. The molecule has 3 rings (SSSR count). The number of amides is 2. The van der Waals surface area contributed by atoms with Gasteiger partial charge in [-0.05, 0) is 50.3 Å². The van der Waals surface area contributed by atoms with Crippen LogP contribution >= 0.6 is 23.1 Å². The monoisotopic (exact) mass is 449 g/mol. The van der Waals surface area contributed by atoms with Crippen molar-refractivity contribution in [2.75, 3.05) is 31.8 Å². The Morgan fingerprint density at radius 3 is 2.90 bits per heavy atom. The number of aryl methyl sites for hydroxylation is 1. The van der Waals surface area contributed by atoms with Crippen LogP contribution in [0.5, 0.6) is 0 Å². The lowest BCUT2D eigenvalue weighted by atomic mass is 10.0. The summed E-state index contributed by atoms with van der Waals surface area (Å²) in [5.74, 6) is 0.501. The van der Waals surface area contributed by atoms with E-state index in [1.807, 2.05) is 9.47 Å². The summed E-state index contributed by atoms with van der Waals surface area (Å²) >= 11 is 2.88. The van der Waals surface area contributed by atoms with Crippen molar-refractivity contribution >= 4 is 45.1 Å². The third kappa shape index (κ3) is 5.74. The van der Waals surface area contributed by atoms with E-state index < -0.39 is 0 Å². The second kappa shape index (κ2) is 11.1. The van der Waals surface area contributed by atoms with Crippen LogP contribution in [0.2, 0.25) is 0 Å². The van der Waals surface area contributed by atoms with Crippen LogP contribution in [0, 0.1) is 6.92 Å². The van der Waals surface area contributed by atoms with E-state index in [-0.39, 0.29) is 17.6 Å². The standard InChI is InChI=1S/C22H31N3O3S2/c1-4-17-7-5-6-10-24(17)21(27)15-29-14-20(26)23-22-25(11-12-28-3)18-9-8-16(2)13-19(18)30-22/h8-9,13,17H,4-7,10-12,14-15H2,1-3H3. The number of thioether (sulfide) groups is 1. The van der Waals surface area contributed by atoms with E-state index in [1.165, 1.54) is 35.1 Å². The molecule has 1 unspecified atom stereocenters. The van der Waals surface area contributed by atoms with Gasteiger partial charge in [-0.15, -0.1) is 11.8 Å². The number of hydrogen-bond donors (Lipinski definition) is 0. The maximum atomic E-state index is 12.6. The largest absolute Gasteiger partial charge is 0.383 e. The second-order valence-electron chi connectivity index (χ2n) is 7.64. The number of hydrogen-bond acceptors (Lipinski definition) is 5. The van der Waals surface area contributed by atoms with Gasteiger partial charge in [0.1, 0.15) is 0 Å². The van der Waals surface area contributed by atoms with Crippen molar-refractivity contribution in [1.29, 1.82) is 0 Å². The average molecular weight is 450 g/mol. The summed E-state index contributed by atoms with van der Waals surface area (Å²) in [7, 11) is 1.67. The van der Waals surface area contributed by atoms with Crippen molar-refractivity contribution in [3.8, 4) is 0 Å². The first-order chi connectivity index (χ1) is 14.5. The van der Waals surface area contributed by atoms with Crippen molar-refractivity contribution in [3.05, 3.63) is 28.6 Å². The number of carbonyl (C=O) groups excluding carboxylic acids is 2. The van der Waals surface area contributed by atoms with Crippen molar-refractivity contribution in [2.24, 2.45) is 4.99 Å². The Kier molecular flexibility index (Phi) is 8.53. The number of aromatic nitrogens is 1. The molecule has 0 spiro atoms. The summed E-state index contributed by atoms with van der Waals surface area (Å²) in [5, 5.41) is 0. The molecule has 8 heteroatoms. The summed E-state index contributed by atoms with van der Waals surface area (Å²) in [6, 6.07) is 6.60. The van der Waals surface area contributed by atoms with E-state index in [2.05, 4.69) is 37.0 Å². The number of fused-ring (bicyclic) bond motifs is 1. The lowest BCUT2D eigenvalue weighted by Gasteiger charge is -2.35. The van der Waals surface area contributed by atoms with E-state index >= 15 is 0 Å². The van der Waals surface area contributed by atoms with Gasteiger partial charge < -0.3 is 14.2 Å². The maximum absolute atomic E-state index is 12.6. The Hall–Kier alpha value is -1.64. The fraction of sp³-hybridized carbons (Fsp3) is 0.591. The molecule has 0 aliphatic carbocycles. The topological polar surface area (TPSA) is 63.9 Å². The molecule has 2 aromatic rings. The summed E-state index contributed by atoms with van der Waals surface area (Å²) in [6.07, 6.45) is 4.37. The van der Waals surface area contributed by atoms with Gasteiger partial charge in [-0.2, -0.15) is 4.99 Å². The first-order valence-electron chi connectivity index (χ1n) is 10.6. The molecule has 1 aromatic heterocycles. The molecule has 30 heavy (non-hydrogen) atoms. The number of nitrogens with zero attached hydrogens (tertiary/aromatic N) is 3. The Bertz CT molecular complexity index is 951. The number of piperidine rings is 1. The number of carbonyl (C=O) groups is 2. The predicted octanol–water partition coefficient (Wildman–Crippen LogP) is 3.61. The highest BCUT2D eigenvalue weighted by molar-refractivity contribution is 8.00. The van der Waals surface area contributed by atoms with Crippen LogP contribution in [-0.2, 0) is 20.9 Å². The van der Waals surface area contributed by atoms with Crippen LogP contribution in [0.1, 0.15) is 38.2 Å². The van der Waals surface area contributed by atoms with Crippen molar-refractivity contribution in [1.82, 2.24) is 9.47 Å². The molecular weight excluding hydrogens is 418 g/mol. The molecule has 1 saturated heterocycles. The van der Waals surface area contributed by atoms with Crippen LogP contribution in [-0.4, -0.2) is 59.1 Å². The lowest BCUT2D eigenvalue weighted by Crippen LogP contribution is -2.44. The van der Waals surface area contributed by atoms with E-state index in [4.69, 9.17) is 4.74 Å².